The van der Waals surface area contributed by atoms with E-state index >= 15 is 0 Å². The van der Waals surface area contributed by atoms with Crippen molar-refractivity contribution in [3.8, 4) is 11.7 Å². The monoisotopic (exact) mass is 274 g/mol. The van der Waals surface area contributed by atoms with E-state index in [1.165, 1.54) is 6.42 Å². The molecule has 1 heterocycles. The zero-order valence-corrected chi connectivity index (χ0v) is 12.0. The second-order valence-electron chi connectivity index (χ2n) is 4.61. The van der Waals surface area contributed by atoms with Crippen LogP contribution in [0.5, 0.6) is 6.01 Å². The lowest BCUT2D eigenvalue weighted by Crippen LogP contribution is -2.16. The smallest absolute Gasteiger partial charge is 0.335 e. The number of nitrogens with one attached hydrogen (secondary N) is 1. The summed E-state index contributed by atoms with van der Waals surface area (Å²) in [7, 11) is 0. The Kier molecular flexibility index (Phi) is 6.05. The van der Waals surface area contributed by atoms with Crippen molar-refractivity contribution in [2.45, 2.75) is 26.2 Å². The molecule has 0 aliphatic heterocycles. The highest BCUT2D eigenvalue weighted by Crippen LogP contribution is 2.08. The van der Waals surface area contributed by atoms with Crippen LogP contribution in [0.25, 0.3) is 5.69 Å². The highest BCUT2D eigenvalue weighted by molar-refractivity contribution is 5.29. The summed E-state index contributed by atoms with van der Waals surface area (Å²) in [5.74, 6) is 0. The average molecular weight is 274 g/mol. The summed E-state index contributed by atoms with van der Waals surface area (Å²) in [6.07, 6.45) is 4.97. The molecule has 5 heteroatoms. The number of aromatic nitrogens is 3. The second kappa shape index (κ2) is 8.32. The molecule has 0 bridgehead atoms. The molecule has 0 spiro atoms. The van der Waals surface area contributed by atoms with Gasteiger partial charge in [0.1, 0.15) is 6.33 Å². The Hall–Kier alpha value is -1.88. The van der Waals surface area contributed by atoms with Crippen molar-refractivity contribution in [2.75, 3.05) is 19.7 Å². The van der Waals surface area contributed by atoms with Gasteiger partial charge in [-0.25, -0.2) is 4.68 Å². The van der Waals surface area contributed by atoms with Crippen molar-refractivity contribution in [1.82, 2.24) is 20.1 Å². The number of ether oxygens (including phenoxy) is 1. The van der Waals surface area contributed by atoms with Crippen LogP contribution < -0.4 is 10.1 Å². The van der Waals surface area contributed by atoms with E-state index in [1.54, 1.807) is 11.0 Å². The first kappa shape index (κ1) is 14.5. The number of rotatable bonds is 9. The van der Waals surface area contributed by atoms with Gasteiger partial charge in [-0.3, -0.25) is 0 Å². The van der Waals surface area contributed by atoms with Gasteiger partial charge in [-0.15, -0.1) is 5.10 Å². The van der Waals surface area contributed by atoms with Crippen LogP contribution in [0.1, 0.15) is 26.2 Å². The van der Waals surface area contributed by atoms with Gasteiger partial charge in [0.2, 0.25) is 0 Å². The molecule has 2 rings (SSSR count). The minimum Gasteiger partial charge on any atom is -0.462 e. The van der Waals surface area contributed by atoms with Crippen LogP contribution in [0, 0.1) is 0 Å². The number of benzene rings is 1. The van der Waals surface area contributed by atoms with E-state index in [0.29, 0.717) is 12.6 Å². The van der Waals surface area contributed by atoms with Crippen LogP contribution in [0.2, 0.25) is 0 Å². The highest BCUT2D eigenvalue weighted by Gasteiger charge is 2.02. The molecule has 0 radical (unpaired) electrons. The third-order valence-corrected chi connectivity index (χ3v) is 2.90. The Balaban J connectivity index is 1.69. The molecular weight excluding hydrogens is 252 g/mol. The highest BCUT2D eigenvalue weighted by atomic mass is 16.5. The van der Waals surface area contributed by atoms with Crippen molar-refractivity contribution < 1.29 is 4.74 Å². The number of hydrogen-bond donors (Lipinski definition) is 1. The molecule has 1 aromatic carbocycles. The molecule has 1 aromatic heterocycles. The summed E-state index contributed by atoms with van der Waals surface area (Å²) >= 11 is 0. The van der Waals surface area contributed by atoms with E-state index in [4.69, 9.17) is 4.74 Å². The normalized spacial score (nSPS) is 10.7. The molecule has 5 nitrogen and oxygen atoms in total. The summed E-state index contributed by atoms with van der Waals surface area (Å²) in [5.41, 5.74) is 0.985. The minimum atomic E-state index is 0.440. The molecule has 2 aromatic rings. The third-order valence-electron chi connectivity index (χ3n) is 2.90. The third kappa shape index (κ3) is 4.66. The van der Waals surface area contributed by atoms with E-state index in [2.05, 4.69) is 22.3 Å². The fourth-order valence-corrected chi connectivity index (χ4v) is 1.84. The molecule has 0 saturated carbocycles. The van der Waals surface area contributed by atoms with Crippen LogP contribution in [-0.4, -0.2) is 34.5 Å². The van der Waals surface area contributed by atoms with E-state index in [-0.39, 0.29) is 0 Å². The standard InChI is InChI=1S/C15H22N4O/c1-2-10-16-11-6-7-12-20-15-17-13-19(18-15)14-8-4-3-5-9-14/h3-5,8-9,13,16H,2,6-7,10-12H2,1H3. The summed E-state index contributed by atoms with van der Waals surface area (Å²) < 4.78 is 7.26. The van der Waals surface area contributed by atoms with Crippen LogP contribution >= 0.6 is 0 Å². The molecule has 0 amide bonds. The molecule has 20 heavy (non-hydrogen) atoms. The van der Waals surface area contributed by atoms with Crippen LogP contribution in [0.15, 0.2) is 36.7 Å². The van der Waals surface area contributed by atoms with Gasteiger partial charge in [0.25, 0.3) is 0 Å². The van der Waals surface area contributed by atoms with Gasteiger partial charge in [-0.2, -0.15) is 4.98 Å². The van der Waals surface area contributed by atoms with Gasteiger partial charge in [-0.05, 0) is 44.5 Å². The van der Waals surface area contributed by atoms with Crippen LogP contribution in [0.4, 0.5) is 0 Å². The average Bonchev–Trinajstić information content (AvgIpc) is 2.96. The molecule has 1 N–H and O–H groups in total. The maximum atomic E-state index is 5.54. The van der Waals surface area contributed by atoms with Gasteiger partial charge < -0.3 is 10.1 Å². The van der Waals surface area contributed by atoms with Crippen molar-refractivity contribution in [2.24, 2.45) is 0 Å². The van der Waals surface area contributed by atoms with Gasteiger partial charge in [-0.1, -0.05) is 25.1 Å². The predicted octanol–water partition coefficient (Wildman–Crippen LogP) is 2.43. The van der Waals surface area contributed by atoms with Gasteiger partial charge in [0.15, 0.2) is 0 Å². The first-order valence-corrected chi connectivity index (χ1v) is 7.20. The first-order chi connectivity index (χ1) is 9.90. The Labute approximate surface area is 120 Å². The van der Waals surface area contributed by atoms with Gasteiger partial charge >= 0.3 is 6.01 Å². The lowest BCUT2D eigenvalue weighted by Gasteiger charge is -2.03. The Morgan fingerprint density at radius 3 is 2.80 bits per heavy atom. The Bertz CT molecular complexity index is 484. The lowest BCUT2D eigenvalue weighted by molar-refractivity contribution is 0.282. The number of nitrogens with zero attached hydrogens (tertiary/aromatic N) is 3. The van der Waals surface area contributed by atoms with E-state index in [1.807, 2.05) is 30.3 Å². The number of para-hydroxylation sites is 1. The number of unbranched alkanes of at least 4 members (excludes halogenated alkanes) is 1. The van der Waals surface area contributed by atoms with E-state index in [0.717, 1.165) is 31.6 Å². The zero-order valence-electron chi connectivity index (χ0n) is 12.0. The molecule has 108 valence electrons. The summed E-state index contributed by atoms with van der Waals surface area (Å²) in [6.45, 7) is 4.96. The molecular formula is C15H22N4O. The van der Waals surface area contributed by atoms with Crippen molar-refractivity contribution in [3.63, 3.8) is 0 Å². The molecule has 0 aliphatic carbocycles. The lowest BCUT2D eigenvalue weighted by atomic mass is 10.3. The first-order valence-electron chi connectivity index (χ1n) is 7.20. The largest absolute Gasteiger partial charge is 0.462 e. The zero-order chi connectivity index (χ0) is 14.0. The van der Waals surface area contributed by atoms with Gasteiger partial charge in [0, 0.05) is 0 Å². The van der Waals surface area contributed by atoms with Crippen molar-refractivity contribution >= 4 is 0 Å². The summed E-state index contributed by atoms with van der Waals surface area (Å²) in [4.78, 5) is 4.15. The Morgan fingerprint density at radius 1 is 1.15 bits per heavy atom. The van der Waals surface area contributed by atoms with Crippen LogP contribution in [-0.2, 0) is 0 Å². The molecule has 0 aliphatic rings. The molecule has 0 unspecified atom stereocenters. The second-order valence-corrected chi connectivity index (χ2v) is 4.61. The molecule has 0 fully saturated rings. The van der Waals surface area contributed by atoms with Crippen molar-refractivity contribution in [3.05, 3.63) is 36.7 Å². The van der Waals surface area contributed by atoms with Crippen molar-refractivity contribution in [1.29, 1.82) is 0 Å². The van der Waals surface area contributed by atoms with E-state index in [9.17, 15) is 0 Å². The topological polar surface area (TPSA) is 52.0 Å². The number of hydrogen-bond acceptors (Lipinski definition) is 4. The quantitative estimate of drug-likeness (QED) is 0.714. The van der Waals surface area contributed by atoms with Gasteiger partial charge in [0.05, 0.1) is 12.3 Å². The van der Waals surface area contributed by atoms with Crippen LogP contribution in [0.3, 0.4) is 0 Å². The predicted molar refractivity (Wildman–Crippen MR) is 79.2 cm³/mol. The summed E-state index contributed by atoms with van der Waals surface area (Å²) in [6, 6.07) is 10.3. The van der Waals surface area contributed by atoms with E-state index < -0.39 is 0 Å². The molecule has 0 saturated heterocycles. The maximum absolute atomic E-state index is 5.54. The summed E-state index contributed by atoms with van der Waals surface area (Å²) in [5, 5.41) is 7.66. The molecule has 0 atom stereocenters. The minimum absolute atomic E-state index is 0.440. The SMILES string of the molecule is CCCNCCCCOc1ncn(-c2ccccc2)n1. The fourth-order valence-electron chi connectivity index (χ4n) is 1.84. The maximum Gasteiger partial charge on any atom is 0.335 e. The Morgan fingerprint density at radius 2 is 2.00 bits per heavy atom. The fraction of sp³-hybridized carbons (Fsp3) is 0.467.